The van der Waals surface area contributed by atoms with E-state index in [1.807, 2.05) is 11.9 Å². The molecule has 1 aliphatic heterocycles. The molecule has 100 valence electrons. The molecule has 0 aliphatic carbocycles. The van der Waals surface area contributed by atoms with Crippen LogP contribution in [0.3, 0.4) is 0 Å². The Hall–Kier alpha value is -1.42. The summed E-state index contributed by atoms with van der Waals surface area (Å²) in [4.78, 5) is 12.9. The zero-order valence-corrected chi connectivity index (χ0v) is 11.2. The molecule has 2 N–H and O–H groups in total. The van der Waals surface area contributed by atoms with Crippen LogP contribution in [0.2, 0.25) is 0 Å². The summed E-state index contributed by atoms with van der Waals surface area (Å²) in [6, 6.07) is 3.33. The van der Waals surface area contributed by atoms with E-state index in [9.17, 15) is 9.90 Å². The molecule has 0 saturated heterocycles. The summed E-state index contributed by atoms with van der Waals surface area (Å²) in [6.45, 7) is 2.43. The van der Waals surface area contributed by atoms with Crippen LogP contribution in [-0.2, 0) is 4.79 Å². The van der Waals surface area contributed by atoms with Crippen molar-refractivity contribution in [3.8, 4) is 5.75 Å². The van der Waals surface area contributed by atoms with E-state index in [-0.39, 0.29) is 30.1 Å². The summed E-state index contributed by atoms with van der Waals surface area (Å²) in [5, 5.41) is 18.5. The van der Waals surface area contributed by atoms with E-state index < -0.39 is 11.9 Å². The lowest BCUT2D eigenvalue weighted by molar-refractivity contribution is -0.141. The molecule has 1 aromatic rings. The first-order valence-corrected chi connectivity index (χ1v) is 5.67. The van der Waals surface area contributed by atoms with E-state index >= 15 is 0 Å². The number of benzene rings is 1. The van der Waals surface area contributed by atoms with Gasteiger partial charge in [0.2, 0.25) is 0 Å². The molecule has 0 spiro atoms. The van der Waals surface area contributed by atoms with Crippen molar-refractivity contribution in [1.82, 2.24) is 0 Å². The highest BCUT2D eigenvalue weighted by Crippen LogP contribution is 2.40. The highest BCUT2D eigenvalue weighted by Gasteiger charge is 2.29. The van der Waals surface area contributed by atoms with Crippen molar-refractivity contribution in [2.24, 2.45) is 5.92 Å². The predicted octanol–water partition coefficient (Wildman–Crippen LogP) is 2.46. The highest BCUT2D eigenvalue weighted by molar-refractivity contribution is 5.85. The van der Waals surface area contributed by atoms with Crippen LogP contribution in [-0.4, -0.2) is 29.8 Å². The van der Waals surface area contributed by atoms with E-state index in [2.05, 4.69) is 0 Å². The maximum atomic E-state index is 10.9. The molecule has 1 aromatic carbocycles. The number of aromatic hydroxyl groups is 1. The fraction of sp³-hybridized carbons (Fsp3) is 0.462. The number of carbonyl (C=O) groups is 1. The number of nitrogens with zero attached hydrogens (tertiary/aromatic N) is 1. The lowest BCUT2D eigenvalue weighted by atomic mass is 9.91. The van der Waals surface area contributed by atoms with Gasteiger partial charge in [-0.2, -0.15) is 0 Å². The van der Waals surface area contributed by atoms with Crippen molar-refractivity contribution in [3.05, 3.63) is 23.7 Å². The minimum absolute atomic E-state index is 0. The molecule has 0 saturated carbocycles. The lowest BCUT2D eigenvalue weighted by Gasteiger charge is -2.14. The van der Waals surface area contributed by atoms with E-state index in [4.69, 9.17) is 6.48 Å². The Balaban J connectivity index is 0.00000180. The molecule has 0 fully saturated rings. The Morgan fingerprint density at radius 2 is 2.39 bits per heavy atom. The fourth-order valence-corrected chi connectivity index (χ4v) is 2.39. The second kappa shape index (κ2) is 5.48. The molecular weight excluding hydrogens is 254 g/mol. The van der Waals surface area contributed by atoms with Gasteiger partial charge in [-0.25, -0.2) is 0 Å². The van der Waals surface area contributed by atoms with Crippen LogP contribution in [0.1, 0.15) is 26.2 Å². The van der Waals surface area contributed by atoms with Gasteiger partial charge in [0.05, 0.1) is 7.29 Å². The monoisotopic (exact) mass is 272 g/mol. The zero-order chi connectivity index (χ0) is 13.4. The summed E-state index contributed by atoms with van der Waals surface area (Å²) < 4.78 is 7.63. The van der Waals surface area contributed by atoms with Gasteiger partial charge in [-0.1, -0.05) is 13.0 Å². The summed E-state index contributed by atoms with van der Waals surface area (Å²) in [5.74, 6) is -1.12. The van der Waals surface area contributed by atoms with E-state index in [0.717, 1.165) is 17.8 Å². The number of halogens is 1. The number of likely N-dealkylation sites (N-methyl/N-ethyl adjacent to an activating group) is 1. The van der Waals surface area contributed by atoms with Crippen molar-refractivity contribution in [2.75, 3.05) is 18.5 Å². The smallest absolute Gasteiger partial charge is 0.306 e. The average Bonchev–Trinajstić information content (AvgIpc) is 2.57. The van der Waals surface area contributed by atoms with Crippen LogP contribution >= 0.6 is 12.4 Å². The third kappa shape index (κ3) is 2.70. The van der Waals surface area contributed by atoms with Crippen LogP contribution in [0.15, 0.2) is 18.2 Å². The van der Waals surface area contributed by atoms with Gasteiger partial charge in [-0.15, -0.1) is 12.4 Å². The number of rotatable bonds is 3. The number of fused-ring (bicyclic) bond motifs is 1. The molecule has 1 heterocycles. The van der Waals surface area contributed by atoms with Crippen molar-refractivity contribution >= 4 is 24.1 Å². The number of anilines is 1. The van der Waals surface area contributed by atoms with Gasteiger partial charge in [-0.05, 0) is 18.0 Å². The molecule has 2 rings (SSSR count). The summed E-state index contributed by atoms with van der Waals surface area (Å²) >= 11 is 0. The molecule has 0 aromatic heterocycles. The molecule has 18 heavy (non-hydrogen) atoms. The number of carboxylic acid groups (broad SMARTS) is 1. The Bertz CT molecular complexity index is 495. The van der Waals surface area contributed by atoms with Crippen LogP contribution in [0.5, 0.6) is 5.75 Å². The van der Waals surface area contributed by atoms with E-state index in [0.29, 0.717) is 6.42 Å². The standard InChI is InChI=1S/C13H17NO3.ClH/c1-8(13(16)17)5-9-7-14(2)12-6-10(15)3-4-11(9)12;/h3-4,6,8-9,15H,5,7H2,1-2H3,(H,16,17);1H/i3D;. The number of phenolic OH excluding ortho intramolecular Hbond substituents is 1. The number of phenols is 1. The Kier molecular flexibility index (Phi) is 3.97. The lowest BCUT2D eigenvalue weighted by Crippen LogP contribution is -2.19. The molecule has 0 bridgehead atoms. The van der Waals surface area contributed by atoms with Crippen LogP contribution in [0.4, 0.5) is 5.69 Å². The number of hydrogen-bond acceptors (Lipinski definition) is 3. The van der Waals surface area contributed by atoms with Gasteiger partial charge in [0.15, 0.2) is 0 Å². The summed E-state index contributed by atoms with van der Waals surface area (Å²) in [6.07, 6.45) is 0.552. The molecule has 2 unspecified atom stereocenters. The van der Waals surface area contributed by atoms with Gasteiger partial charge >= 0.3 is 5.97 Å². The molecule has 0 amide bonds. The van der Waals surface area contributed by atoms with Crippen LogP contribution in [0.25, 0.3) is 0 Å². The van der Waals surface area contributed by atoms with Crippen LogP contribution < -0.4 is 4.90 Å². The highest BCUT2D eigenvalue weighted by atomic mass is 35.5. The van der Waals surface area contributed by atoms with Crippen molar-refractivity contribution in [2.45, 2.75) is 19.3 Å². The molecule has 1 aliphatic rings. The van der Waals surface area contributed by atoms with E-state index in [1.165, 1.54) is 0 Å². The maximum Gasteiger partial charge on any atom is 0.306 e. The minimum atomic E-state index is -0.795. The van der Waals surface area contributed by atoms with Gasteiger partial charge in [0.25, 0.3) is 0 Å². The summed E-state index contributed by atoms with van der Waals surface area (Å²) in [5.41, 5.74) is 1.86. The third-order valence-electron chi connectivity index (χ3n) is 3.35. The molecular formula is C13H18ClNO3. The first-order chi connectivity index (χ1) is 8.40. The summed E-state index contributed by atoms with van der Waals surface area (Å²) in [7, 11) is 1.91. The van der Waals surface area contributed by atoms with Gasteiger partial charge < -0.3 is 15.1 Å². The van der Waals surface area contributed by atoms with Gasteiger partial charge in [-0.3, -0.25) is 4.79 Å². The Morgan fingerprint density at radius 3 is 3.00 bits per heavy atom. The quantitative estimate of drug-likeness (QED) is 0.887. The fourth-order valence-electron chi connectivity index (χ4n) is 2.39. The first kappa shape index (κ1) is 13.0. The van der Waals surface area contributed by atoms with E-state index in [1.54, 1.807) is 19.1 Å². The topological polar surface area (TPSA) is 60.8 Å². The minimum Gasteiger partial charge on any atom is -0.508 e. The largest absolute Gasteiger partial charge is 0.508 e. The molecule has 5 heteroatoms. The average molecular weight is 273 g/mol. The number of hydrogen-bond donors (Lipinski definition) is 2. The van der Waals surface area contributed by atoms with Crippen molar-refractivity contribution in [3.63, 3.8) is 0 Å². The predicted molar refractivity (Wildman–Crippen MR) is 72.8 cm³/mol. The molecule has 2 atom stereocenters. The van der Waals surface area contributed by atoms with Gasteiger partial charge in [0, 0.05) is 31.3 Å². The normalized spacial score (nSPS) is 19.8. The second-order valence-corrected chi connectivity index (χ2v) is 4.71. The SMILES string of the molecule is Cl.[2H]c1cc2c(cc1O)N(C)CC2CC(C)C(=O)O. The van der Waals surface area contributed by atoms with Crippen molar-refractivity contribution in [1.29, 1.82) is 0 Å². The maximum absolute atomic E-state index is 10.9. The molecule has 0 radical (unpaired) electrons. The van der Waals surface area contributed by atoms with Gasteiger partial charge in [0.1, 0.15) is 5.75 Å². The first-order valence-electron chi connectivity index (χ1n) is 6.17. The third-order valence-corrected chi connectivity index (χ3v) is 3.35. The van der Waals surface area contributed by atoms with Crippen molar-refractivity contribution < 1.29 is 16.4 Å². The second-order valence-electron chi connectivity index (χ2n) is 4.71. The Labute approximate surface area is 114 Å². The number of carboxylic acids is 1. The van der Waals surface area contributed by atoms with Crippen LogP contribution in [0, 0.1) is 5.92 Å². The molecule has 4 nitrogen and oxygen atoms in total. The number of aliphatic carboxylic acids is 1. The zero-order valence-electron chi connectivity index (χ0n) is 11.4. The Morgan fingerprint density at radius 1 is 1.72 bits per heavy atom.